The van der Waals surface area contributed by atoms with Gasteiger partial charge in [0.1, 0.15) is 11.9 Å². The first-order valence-corrected chi connectivity index (χ1v) is 9.85. The second-order valence-electron chi connectivity index (χ2n) is 6.67. The number of benzene rings is 2. The van der Waals surface area contributed by atoms with Gasteiger partial charge >= 0.3 is 0 Å². The van der Waals surface area contributed by atoms with E-state index in [2.05, 4.69) is 15.6 Å². The molecule has 28 heavy (non-hydrogen) atoms. The molecular weight excluding hydrogens is 372 g/mol. The Balaban J connectivity index is 1.63. The highest BCUT2D eigenvalue weighted by molar-refractivity contribution is 8.00. The zero-order chi connectivity index (χ0) is 19.7. The molecule has 0 spiro atoms. The maximum absolute atomic E-state index is 13.0. The number of nitrogens with one attached hydrogen (secondary N) is 2. The Morgan fingerprint density at radius 1 is 1.25 bits per heavy atom. The van der Waals surface area contributed by atoms with Crippen LogP contribution in [0.15, 0.2) is 65.8 Å². The van der Waals surface area contributed by atoms with Crippen molar-refractivity contribution >= 4 is 29.3 Å². The number of rotatable bonds is 4. The maximum atomic E-state index is 13.0. The summed E-state index contributed by atoms with van der Waals surface area (Å²) in [5.41, 5.74) is 2.11. The molecule has 3 aromatic rings. The third kappa shape index (κ3) is 3.53. The Labute approximate surface area is 167 Å². The van der Waals surface area contributed by atoms with E-state index in [4.69, 9.17) is 0 Å². The Kier molecular flexibility index (Phi) is 4.92. The number of nitrogens with zero attached hydrogens (tertiary/aromatic N) is 2. The lowest BCUT2D eigenvalue weighted by atomic mass is 10.1. The van der Waals surface area contributed by atoms with Gasteiger partial charge in [-0.05, 0) is 30.7 Å². The van der Waals surface area contributed by atoms with Gasteiger partial charge in [-0.1, -0.05) is 30.3 Å². The summed E-state index contributed by atoms with van der Waals surface area (Å²) in [5, 5.41) is 5.81. The lowest BCUT2D eigenvalue weighted by Crippen LogP contribution is -2.31. The molecule has 2 aromatic carbocycles. The quantitative estimate of drug-likeness (QED) is 0.714. The van der Waals surface area contributed by atoms with Crippen molar-refractivity contribution < 1.29 is 9.59 Å². The third-order valence-electron chi connectivity index (χ3n) is 4.70. The van der Waals surface area contributed by atoms with Gasteiger partial charge in [-0.3, -0.25) is 9.59 Å². The van der Waals surface area contributed by atoms with E-state index < -0.39 is 0 Å². The van der Waals surface area contributed by atoms with E-state index >= 15 is 0 Å². The summed E-state index contributed by atoms with van der Waals surface area (Å²) in [6, 6.07) is 14.7. The van der Waals surface area contributed by atoms with Crippen LogP contribution in [-0.4, -0.2) is 26.6 Å². The predicted octanol–water partition coefficient (Wildman–Crippen LogP) is 3.37. The fraction of sp³-hybridized carbons (Fsp3) is 0.190. The average Bonchev–Trinajstić information content (AvgIpc) is 3.13. The molecule has 0 radical (unpaired) electrons. The molecule has 7 heteroatoms. The van der Waals surface area contributed by atoms with Gasteiger partial charge in [0.15, 0.2) is 0 Å². The average molecular weight is 392 g/mol. The first-order chi connectivity index (χ1) is 13.5. The van der Waals surface area contributed by atoms with Gasteiger partial charge < -0.3 is 15.2 Å². The molecular formula is C21H20N4O2S. The van der Waals surface area contributed by atoms with Crippen LogP contribution in [0.25, 0.3) is 0 Å². The first-order valence-electron chi connectivity index (χ1n) is 8.97. The highest BCUT2D eigenvalue weighted by atomic mass is 32.2. The number of fused-ring (bicyclic) bond motifs is 1. The number of imidazole rings is 1. The van der Waals surface area contributed by atoms with E-state index in [0.717, 1.165) is 16.3 Å². The molecule has 0 saturated heterocycles. The summed E-state index contributed by atoms with van der Waals surface area (Å²) >= 11 is 1.49. The van der Waals surface area contributed by atoms with Crippen LogP contribution in [0.5, 0.6) is 0 Å². The zero-order valence-electron chi connectivity index (χ0n) is 15.5. The molecule has 2 heterocycles. The number of aromatic nitrogens is 2. The summed E-state index contributed by atoms with van der Waals surface area (Å²) in [6.45, 7) is 1.86. The molecule has 0 aliphatic carbocycles. The van der Waals surface area contributed by atoms with Crippen molar-refractivity contribution in [1.82, 2.24) is 14.9 Å². The van der Waals surface area contributed by atoms with Gasteiger partial charge in [0.25, 0.3) is 5.91 Å². The van der Waals surface area contributed by atoms with E-state index in [-0.39, 0.29) is 23.1 Å². The van der Waals surface area contributed by atoms with Crippen molar-refractivity contribution in [1.29, 1.82) is 0 Å². The monoisotopic (exact) mass is 392 g/mol. The zero-order valence-corrected chi connectivity index (χ0v) is 16.4. The number of hydrogen-bond donors (Lipinski definition) is 2. The fourth-order valence-corrected chi connectivity index (χ4v) is 4.09. The van der Waals surface area contributed by atoms with Crippen molar-refractivity contribution in [2.45, 2.75) is 23.1 Å². The molecule has 1 aliphatic heterocycles. The predicted molar refractivity (Wildman–Crippen MR) is 109 cm³/mol. The minimum atomic E-state index is -0.381. The topological polar surface area (TPSA) is 76.0 Å². The third-order valence-corrected chi connectivity index (χ3v) is 5.88. The van der Waals surface area contributed by atoms with E-state index in [9.17, 15) is 9.59 Å². The molecule has 0 fully saturated rings. The van der Waals surface area contributed by atoms with Crippen molar-refractivity contribution in [3.63, 3.8) is 0 Å². The van der Waals surface area contributed by atoms with Crippen molar-refractivity contribution in [3.05, 3.63) is 77.9 Å². The normalized spacial score (nSPS) is 16.8. The first kappa shape index (κ1) is 18.3. The summed E-state index contributed by atoms with van der Waals surface area (Å²) < 4.78 is 1.89. The lowest BCUT2D eigenvalue weighted by molar-refractivity contribution is -0.115. The van der Waals surface area contributed by atoms with Gasteiger partial charge in [-0.2, -0.15) is 0 Å². The van der Waals surface area contributed by atoms with E-state index in [1.54, 1.807) is 18.3 Å². The highest BCUT2D eigenvalue weighted by Gasteiger charge is 2.25. The van der Waals surface area contributed by atoms with E-state index in [1.807, 2.05) is 61.1 Å². The van der Waals surface area contributed by atoms with Crippen molar-refractivity contribution in [2.24, 2.45) is 7.05 Å². The van der Waals surface area contributed by atoms with Gasteiger partial charge in [0.05, 0.1) is 10.9 Å². The van der Waals surface area contributed by atoms with Crippen LogP contribution >= 0.6 is 11.8 Å². The molecule has 1 aliphatic rings. The summed E-state index contributed by atoms with van der Waals surface area (Å²) in [7, 11) is 1.90. The van der Waals surface area contributed by atoms with Crippen LogP contribution in [0.4, 0.5) is 5.69 Å². The molecule has 142 valence electrons. The largest absolute Gasteiger partial charge is 0.338 e. The maximum Gasteiger partial charge on any atom is 0.252 e. The molecule has 0 bridgehead atoms. The van der Waals surface area contributed by atoms with Gasteiger partial charge in [0, 0.05) is 29.9 Å². The standard InChI is InChI=1S/C21H20N4O2S/c1-13-20(26)23-16-12-15(8-9-17(16)28-13)21(27)24-18(14-6-4-3-5-7-14)19-22-10-11-25(19)2/h3-13,18H,1-2H3,(H,23,26)(H,24,27)/t13-,18+/m0/s1. The number of anilines is 1. The van der Waals surface area contributed by atoms with Crippen LogP contribution in [-0.2, 0) is 11.8 Å². The molecule has 0 unspecified atom stereocenters. The Morgan fingerprint density at radius 2 is 2.04 bits per heavy atom. The number of carbonyl (C=O) groups is 2. The lowest BCUT2D eigenvalue weighted by Gasteiger charge is -2.23. The van der Waals surface area contributed by atoms with Gasteiger partial charge in [0.2, 0.25) is 5.91 Å². The molecule has 2 atom stereocenters. The molecule has 1 aromatic heterocycles. The molecule has 2 N–H and O–H groups in total. The Bertz CT molecular complexity index is 1030. The van der Waals surface area contributed by atoms with Crippen molar-refractivity contribution in [3.8, 4) is 0 Å². The van der Waals surface area contributed by atoms with Crippen LogP contribution in [0, 0.1) is 0 Å². The Morgan fingerprint density at radius 3 is 2.75 bits per heavy atom. The van der Waals surface area contributed by atoms with Crippen molar-refractivity contribution in [2.75, 3.05) is 5.32 Å². The number of hydrogen-bond acceptors (Lipinski definition) is 4. The number of aryl methyl sites for hydroxylation is 1. The molecule has 0 saturated carbocycles. The highest BCUT2D eigenvalue weighted by Crippen LogP contribution is 2.36. The number of amides is 2. The number of carbonyl (C=O) groups excluding carboxylic acids is 2. The Hall–Kier alpha value is -3.06. The number of thioether (sulfide) groups is 1. The van der Waals surface area contributed by atoms with Crippen LogP contribution in [0.1, 0.15) is 34.7 Å². The van der Waals surface area contributed by atoms with Crippen LogP contribution in [0.2, 0.25) is 0 Å². The minimum Gasteiger partial charge on any atom is -0.338 e. The van der Waals surface area contributed by atoms with Crippen LogP contribution in [0.3, 0.4) is 0 Å². The fourth-order valence-electron chi connectivity index (χ4n) is 3.16. The smallest absolute Gasteiger partial charge is 0.252 e. The summed E-state index contributed by atoms with van der Waals surface area (Å²) in [6.07, 6.45) is 3.56. The van der Waals surface area contributed by atoms with Gasteiger partial charge in [-0.25, -0.2) is 4.98 Å². The minimum absolute atomic E-state index is 0.0507. The molecule has 6 nitrogen and oxygen atoms in total. The summed E-state index contributed by atoms with van der Waals surface area (Å²) in [4.78, 5) is 30.3. The van der Waals surface area contributed by atoms with Crippen LogP contribution < -0.4 is 10.6 Å². The molecule has 2 amide bonds. The second-order valence-corrected chi connectivity index (χ2v) is 8.06. The van der Waals surface area contributed by atoms with Gasteiger partial charge in [-0.15, -0.1) is 11.8 Å². The van der Waals surface area contributed by atoms with E-state index in [1.165, 1.54) is 11.8 Å². The second kappa shape index (κ2) is 7.52. The van der Waals surface area contributed by atoms with E-state index in [0.29, 0.717) is 11.3 Å². The SMILES string of the molecule is C[C@@H]1Sc2ccc(C(=O)N[C@H](c3ccccc3)c3nccn3C)cc2NC1=O. The molecule has 4 rings (SSSR count). The summed E-state index contributed by atoms with van der Waals surface area (Å²) in [5.74, 6) is 0.470.